The Labute approximate surface area is 147 Å². The van der Waals surface area contributed by atoms with Gasteiger partial charge in [-0.2, -0.15) is 0 Å². The van der Waals surface area contributed by atoms with Gasteiger partial charge in [-0.05, 0) is 19.8 Å². The van der Waals surface area contributed by atoms with Crippen LogP contribution in [0.3, 0.4) is 0 Å². The van der Waals surface area contributed by atoms with Gasteiger partial charge >= 0.3 is 0 Å². The van der Waals surface area contributed by atoms with E-state index in [1.807, 2.05) is 6.92 Å². The van der Waals surface area contributed by atoms with Gasteiger partial charge in [-0.25, -0.2) is 0 Å². The Bertz CT molecular complexity index is 287. The maximum atomic E-state index is 9.30. The molecule has 0 radical (unpaired) electrons. The zero-order valence-electron chi connectivity index (χ0n) is 15.6. The van der Waals surface area contributed by atoms with Crippen molar-refractivity contribution in [2.75, 3.05) is 19.8 Å². The van der Waals surface area contributed by atoms with Crippen LogP contribution >= 0.6 is 0 Å². The van der Waals surface area contributed by atoms with E-state index in [9.17, 15) is 5.11 Å². The lowest BCUT2D eigenvalue weighted by atomic mass is 10.1. The summed E-state index contributed by atoms with van der Waals surface area (Å²) in [5.74, 6) is 0. The topological polar surface area (TPSA) is 68.2 Å². The van der Waals surface area contributed by atoms with E-state index in [0.717, 1.165) is 12.8 Å². The molecule has 0 aromatic rings. The average molecular weight is 347 g/mol. The van der Waals surface area contributed by atoms with Crippen LogP contribution in [0, 0.1) is 0 Å². The van der Waals surface area contributed by atoms with Gasteiger partial charge in [0, 0.05) is 0 Å². The molecule has 1 rings (SSSR count). The predicted octanol–water partition coefficient (Wildman–Crippen LogP) is 3.41. The number of ether oxygens (including phenoxy) is 3. The molecular formula is C19H38O5. The molecule has 0 aromatic heterocycles. The number of aliphatic hydroxyl groups excluding tert-OH is 2. The van der Waals surface area contributed by atoms with E-state index in [-0.39, 0.29) is 31.7 Å². The second-order valence-corrected chi connectivity index (χ2v) is 6.93. The third-order valence-corrected chi connectivity index (χ3v) is 4.60. The van der Waals surface area contributed by atoms with Crippen LogP contribution in [0.1, 0.15) is 78.1 Å². The third kappa shape index (κ3) is 9.94. The van der Waals surface area contributed by atoms with Gasteiger partial charge < -0.3 is 24.4 Å². The van der Waals surface area contributed by atoms with E-state index in [1.165, 1.54) is 51.4 Å². The normalized spacial score (nSPS) is 23.5. The first-order valence-electron chi connectivity index (χ1n) is 9.85. The highest BCUT2D eigenvalue weighted by Crippen LogP contribution is 2.21. The fourth-order valence-corrected chi connectivity index (χ4v) is 2.92. The summed E-state index contributed by atoms with van der Waals surface area (Å²) in [5.41, 5.74) is 0. The van der Waals surface area contributed by atoms with E-state index in [0.29, 0.717) is 6.61 Å². The van der Waals surface area contributed by atoms with Crippen molar-refractivity contribution in [3.05, 3.63) is 0 Å². The molecule has 1 saturated heterocycles. The zero-order valence-corrected chi connectivity index (χ0v) is 15.6. The molecule has 1 aliphatic heterocycles. The molecule has 1 aliphatic rings. The van der Waals surface area contributed by atoms with Crippen molar-refractivity contribution in [1.82, 2.24) is 0 Å². The fourth-order valence-electron chi connectivity index (χ4n) is 2.92. The Morgan fingerprint density at radius 2 is 1.67 bits per heavy atom. The maximum Gasteiger partial charge on any atom is 0.158 e. The van der Waals surface area contributed by atoms with Crippen molar-refractivity contribution in [3.63, 3.8) is 0 Å². The Morgan fingerprint density at radius 1 is 1.04 bits per heavy atom. The summed E-state index contributed by atoms with van der Waals surface area (Å²) >= 11 is 0. The molecule has 1 heterocycles. The molecule has 0 aliphatic carbocycles. The van der Waals surface area contributed by atoms with Gasteiger partial charge in [-0.3, -0.25) is 0 Å². The molecule has 1 fully saturated rings. The molecule has 0 saturated carbocycles. The number of unbranched alkanes of at least 4 members (excludes halogenated alkanes) is 8. The van der Waals surface area contributed by atoms with Crippen molar-refractivity contribution in [1.29, 1.82) is 0 Å². The van der Waals surface area contributed by atoms with Crippen molar-refractivity contribution in [2.24, 2.45) is 0 Å². The highest BCUT2D eigenvalue weighted by Gasteiger charge is 2.30. The maximum absolute atomic E-state index is 9.30. The Hall–Kier alpha value is -0.200. The van der Waals surface area contributed by atoms with Crippen LogP contribution in [-0.4, -0.2) is 54.6 Å². The molecule has 0 bridgehead atoms. The van der Waals surface area contributed by atoms with Crippen LogP contribution in [0.25, 0.3) is 0 Å². The largest absolute Gasteiger partial charge is 0.394 e. The number of aliphatic hydroxyl groups is 2. The van der Waals surface area contributed by atoms with Crippen molar-refractivity contribution >= 4 is 0 Å². The molecule has 5 heteroatoms. The first kappa shape index (κ1) is 21.8. The van der Waals surface area contributed by atoms with Crippen LogP contribution in [0.2, 0.25) is 0 Å². The molecule has 0 spiro atoms. The quantitative estimate of drug-likeness (QED) is 0.445. The fraction of sp³-hybridized carbons (Fsp3) is 1.00. The van der Waals surface area contributed by atoms with Crippen molar-refractivity contribution in [2.45, 2.75) is 103 Å². The summed E-state index contributed by atoms with van der Waals surface area (Å²) in [6, 6.07) is 0. The molecule has 24 heavy (non-hydrogen) atoms. The van der Waals surface area contributed by atoms with Gasteiger partial charge in [-0.15, -0.1) is 0 Å². The molecule has 4 unspecified atom stereocenters. The van der Waals surface area contributed by atoms with E-state index in [4.69, 9.17) is 19.3 Å². The Kier molecular flexibility index (Phi) is 12.8. The molecule has 0 aromatic carbocycles. The van der Waals surface area contributed by atoms with Gasteiger partial charge in [0.05, 0.1) is 25.9 Å². The highest BCUT2D eigenvalue weighted by molar-refractivity contribution is 4.72. The summed E-state index contributed by atoms with van der Waals surface area (Å²) in [7, 11) is 0. The summed E-state index contributed by atoms with van der Waals surface area (Å²) < 4.78 is 17.1. The monoisotopic (exact) mass is 346 g/mol. The highest BCUT2D eigenvalue weighted by atomic mass is 16.7. The number of hydrogen-bond acceptors (Lipinski definition) is 5. The van der Waals surface area contributed by atoms with Crippen LogP contribution in [-0.2, 0) is 14.2 Å². The van der Waals surface area contributed by atoms with E-state index < -0.39 is 6.10 Å². The van der Waals surface area contributed by atoms with E-state index in [2.05, 4.69) is 6.92 Å². The lowest BCUT2D eigenvalue weighted by Crippen LogP contribution is -2.32. The van der Waals surface area contributed by atoms with Crippen LogP contribution in [0.15, 0.2) is 0 Å². The molecule has 2 N–H and O–H groups in total. The second kappa shape index (κ2) is 14.0. The number of rotatable bonds is 15. The lowest BCUT2D eigenvalue weighted by molar-refractivity contribution is -0.105. The smallest absolute Gasteiger partial charge is 0.158 e. The first-order chi connectivity index (χ1) is 11.7. The van der Waals surface area contributed by atoms with Gasteiger partial charge in [-0.1, -0.05) is 58.3 Å². The molecule has 5 nitrogen and oxygen atoms in total. The first-order valence-corrected chi connectivity index (χ1v) is 9.85. The minimum absolute atomic E-state index is 0.0838. The Balaban J connectivity index is 1.96. The third-order valence-electron chi connectivity index (χ3n) is 4.60. The van der Waals surface area contributed by atoms with Crippen molar-refractivity contribution in [3.8, 4) is 0 Å². The minimum atomic E-state index is -0.826. The van der Waals surface area contributed by atoms with E-state index in [1.54, 1.807) is 0 Å². The summed E-state index contributed by atoms with van der Waals surface area (Å²) in [4.78, 5) is 0. The Morgan fingerprint density at radius 3 is 2.29 bits per heavy atom. The zero-order chi connectivity index (χ0) is 17.6. The van der Waals surface area contributed by atoms with Crippen LogP contribution in [0.4, 0.5) is 0 Å². The van der Waals surface area contributed by atoms with Crippen LogP contribution < -0.4 is 0 Å². The summed E-state index contributed by atoms with van der Waals surface area (Å²) in [6.07, 6.45) is 11.6. The average Bonchev–Trinajstić information content (AvgIpc) is 3.06. The summed E-state index contributed by atoms with van der Waals surface area (Å²) in [5, 5.41) is 18.1. The second-order valence-electron chi connectivity index (χ2n) is 6.93. The SMILES string of the molecule is CCCCCCCCCCCC1OCC(C(C)OCC(O)CO)O1. The molecule has 144 valence electrons. The van der Waals surface area contributed by atoms with Crippen molar-refractivity contribution < 1.29 is 24.4 Å². The summed E-state index contributed by atoms with van der Waals surface area (Å²) in [6.45, 7) is 4.55. The standard InChI is InChI=1S/C19H38O5/c1-3-4-5-6-7-8-9-10-11-12-19-23-15-18(24-19)16(2)22-14-17(21)13-20/h16-21H,3-15H2,1-2H3. The number of hydrogen-bond donors (Lipinski definition) is 2. The molecule has 4 atom stereocenters. The molecule has 0 amide bonds. The lowest BCUT2D eigenvalue weighted by Gasteiger charge is -2.20. The van der Waals surface area contributed by atoms with E-state index >= 15 is 0 Å². The van der Waals surface area contributed by atoms with Gasteiger partial charge in [0.1, 0.15) is 12.2 Å². The molecular weight excluding hydrogens is 308 g/mol. The van der Waals surface area contributed by atoms with Crippen LogP contribution in [0.5, 0.6) is 0 Å². The minimum Gasteiger partial charge on any atom is -0.394 e. The van der Waals surface area contributed by atoms with Gasteiger partial charge in [0.25, 0.3) is 0 Å². The predicted molar refractivity (Wildman–Crippen MR) is 95.0 cm³/mol. The van der Waals surface area contributed by atoms with Gasteiger partial charge in [0.2, 0.25) is 0 Å². The van der Waals surface area contributed by atoms with Gasteiger partial charge in [0.15, 0.2) is 6.29 Å².